The number of benzene rings is 2. The molecule has 0 aliphatic heterocycles. The van der Waals surface area contributed by atoms with E-state index in [-0.39, 0.29) is 0 Å². The summed E-state index contributed by atoms with van der Waals surface area (Å²) in [7, 11) is 0. The maximum absolute atomic E-state index is 13.2. The zero-order valence-electron chi connectivity index (χ0n) is 12.0. The van der Waals surface area contributed by atoms with Crippen molar-refractivity contribution < 1.29 is 8.78 Å². The molecule has 0 heterocycles. The lowest BCUT2D eigenvalue weighted by molar-refractivity contribution is 0.572. The second-order valence-corrected chi connectivity index (χ2v) is 5.39. The zero-order chi connectivity index (χ0) is 14.9. The molecule has 1 nitrogen and oxygen atoms in total. The van der Waals surface area contributed by atoms with Crippen molar-refractivity contribution >= 4 is 0 Å². The standard InChI is InChI=1S/C17H19F2N/c1-10-4-11(2)16(12(3)5-10)9-17(20)13-6-14(18)8-15(19)7-13/h4-8,17H,9,20H2,1-3H3. The molecule has 1 atom stereocenters. The Morgan fingerprint density at radius 1 is 0.900 bits per heavy atom. The van der Waals surface area contributed by atoms with Crippen LogP contribution in [0.15, 0.2) is 30.3 Å². The molecular formula is C17H19F2N. The summed E-state index contributed by atoms with van der Waals surface area (Å²) in [5.41, 5.74) is 11.3. The fourth-order valence-electron chi connectivity index (χ4n) is 2.66. The quantitative estimate of drug-likeness (QED) is 0.895. The van der Waals surface area contributed by atoms with Crippen molar-refractivity contribution in [3.05, 3.63) is 69.8 Å². The molecule has 0 amide bonds. The molecule has 0 radical (unpaired) electrons. The molecule has 0 fully saturated rings. The molecule has 106 valence electrons. The highest BCUT2D eigenvalue weighted by atomic mass is 19.1. The summed E-state index contributed by atoms with van der Waals surface area (Å²) in [6.45, 7) is 6.12. The highest BCUT2D eigenvalue weighted by molar-refractivity contribution is 5.39. The summed E-state index contributed by atoms with van der Waals surface area (Å²) < 4.78 is 26.5. The molecule has 2 N–H and O–H groups in total. The molecule has 0 spiro atoms. The summed E-state index contributed by atoms with van der Waals surface area (Å²) in [5.74, 6) is -1.18. The first kappa shape index (κ1) is 14.7. The van der Waals surface area contributed by atoms with Crippen LogP contribution < -0.4 is 5.73 Å². The van der Waals surface area contributed by atoms with Crippen LogP contribution in [0.1, 0.15) is 33.9 Å². The fourth-order valence-corrected chi connectivity index (χ4v) is 2.66. The summed E-state index contributed by atoms with van der Waals surface area (Å²) in [6, 6.07) is 7.24. The Morgan fingerprint density at radius 3 is 1.90 bits per heavy atom. The SMILES string of the molecule is Cc1cc(C)c(CC(N)c2cc(F)cc(F)c2)c(C)c1. The van der Waals surface area contributed by atoms with Crippen molar-refractivity contribution in [1.29, 1.82) is 0 Å². The first-order valence-electron chi connectivity index (χ1n) is 6.65. The van der Waals surface area contributed by atoms with Crippen LogP contribution in [0.4, 0.5) is 8.78 Å². The highest BCUT2D eigenvalue weighted by Gasteiger charge is 2.13. The Morgan fingerprint density at radius 2 is 1.40 bits per heavy atom. The minimum Gasteiger partial charge on any atom is -0.324 e. The van der Waals surface area contributed by atoms with Gasteiger partial charge in [0.05, 0.1) is 0 Å². The zero-order valence-corrected chi connectivity index (χ0v) is 12.0. The van der Waals surface area contributed by atoms with Gasteiger partial charge in [-0.15, -0.1) is 0 Å². The van der Waals surface area contributed by atoms with Gasteiger partial charge in [0.15, 0.2) is 0 Å². The van der Waals surface area contributed by atoms with Crippen LogP contribution in [-0.4, -0.2) is 0 Å². The summed E-state index contributed by atoms with van der Waals surface area (Å²) in [5, 5.41) is 0. The van der Waals surface area contributed by atoms with Crippen LogP contribution >= 0.6 is 0 Å². The number of hydrogen-bond donors (Lipinski definition) is 1. The normalized spacial score (nSPS) is 12.5. The van der Waals surface area contributed by atoms with E-state index in [1.807, 2.05) is 20.8 Å². The van der Waals surface area contributed by atoms with E-state index >= 15 is 0 Å². The van der Waals surface area contributed by atoms with Crippen LogP contribution in [0.3, 0.4) is 0 Å². The predicted molar refractivity (Wildman–Crippen MR) is 77.6 cm³/mol. The molecule has 0 aliphatic carbocycles. The van der Waals surface area contributed by atoms with Gasteiger partial charge in [-0.25, -0.2) is 8.78 Å². The summed E-state index contributed by atoms with van der Waals surface area (Å²) in [6.07, 6.45) is 0.570. The van der Waals surface area contributed by atoms with Gasteiger partial charge in [-0.05, 0) is 61.6 Å². The van der Waals surface area contributed by atoms with Crippen molar-refractivity contribution in [1.82, 2.24) is 0 Å². The third-order valence-electron chi connectivity index (χ3n) is 3.58. The Kier molecular flexibility index (Phi) is 4.19. The second-order valence-electron chi connectivity index (χ2n) is 5.39. The van der Waals surface area contributed by atoms with Crippen LogP contribution in [0.25, 0.3) is 0 Å². The molecule has 0 saturated carbocycles. The third-order valence-corrected chi connectivity index (χ3v) is 3.58. The van der Waals surface area contributed by atoms with Crippen molar-refractivity contribution in [2.75, 3.05) is 0 Å². The van der Waals surface area contributed by atoms with Crippen LogP contribution in [-0.2, 0) is 6.42 Å². The van der Waals surface area contributed by atoms with Crippen LogP contribution in [0.2, 0.25) is 0 Å². The fraction of sp³-hybridized carbons (Fsp3) is 0.294. The Bertz CT molecular complexity index is 592. The molecule has 0 saturated heterocycles. The molecule has 0 aromatic heterocycles. The van der Waals surface area contributed by atoms with E-state index in [1.165, 1.54) is 17.7 Å². The number of nitrogens with two attached hydrogens (primary N) is 1. The number of aryl methyl sites for hydroxylation is 3. The van der Waals surface area contributed by atoms with Crippen molar-refractivity contribution in [2.45, 2.75) is 33.2 Å². The van der Waals surface area contributed by atoms with E-state index in [0.29, 0.717) is 12.0 Å². The van der Waals surface area contributed by atoms with Crippen molar-refractivity contribution in [2.24, 2.45) is 5.73 Å². The molecular weight excluding hydrogens is 256 g/mol. The Balaban J connectivity index is 2.30. The van der Waals surface area contributed by atoms with E-state index in [9.17, 15) is 8.78 Å². The van der Waals surface area contributed by atoms with Gasteiger partial charge in [-0.3, -0.25) is 0 Å². The lowest BCUT2D eigenvalue weighted by Crippen LogP contribution is -2.15. The van der Waals surface area contributed by atoms with Gasteiger partial charge in [0, 0.05) is 12.1 Å². The maximum atomic E-state index is 13.2. The number of rotatable bonds is 3. The largest absolute Gasteiger partial charge is 0.324 e. The molecule has 0 bridgehead atoms. The molecule has 1 unspecified atom stereocenters. The van der Waals surface area contributed by atoms with E-state index in [2.05, 4.69) is 12.1 Å². The van der Waals surface area contributed by atoms with Crippen LogP contribution in [0.5, 0.6) is 0 Å². The molecule has 3 heteroatoms. The first-order chi connectivity index (χ1) is 9.36. The first-order valence-corrected chi connectivity index (χ1v) is 6.65. The van der Waals surface area contributed by atoms with E-state index in [1.54, 1.807) is 0 Å². The molecule has 2 aromatic rings. The van der Waals surface area contributed by atoms with Crippen molar-refractivity contribution in [3.63, 3.8) is 0 Å². The molecule has 2 aromatic carbocycles. The minimum absolute atomic E-state index is 0.416. The van der Waals surface area contributed by atoms with Gasteiger partial charge in [-0.2, -0.15) is 0 Å². The Hall–Kier alpha value is -1.74. The second kappa shape index (κ2) is 5.71. The Labute approximate surface area is 118 Å². The van der Waals surface area contributed by atoms with Gasteiger partial charge < -0.3 is 5.73 Å². The predicted octanol–water partition coefficient (Wildman–Crippen LogP) is 4.13. The van der Waals surface area contributed by atoms with E-state index < -0.39 is 17.7 Å². The average molecular weight is 275 g/mol. The van der Waals surface area contributed by atoms with E-state index in [0.717, 1.165) is 22.8 Å². The number of halogens is 2. The molecule has 2 rings (SSSR count). The van der Waals surface area contributed by atoms with Gasteiger partial charge in [0.1, 0.15) is 11.6 Å². The van der Waals surface area contributed by atoms with Crippen molar-refractivity contribution in [3.8, 4) is 0 Å². The topological polar surface area (TPSA) is 26.0 Å². The average Bonchev–Trinajstić information content (AvgIpc) is 2.32. The maximum Gasteiger partial charge on any atom is 0.126 e. The molecule has 20 heavy (non-hydrogen) atoms. The lowest BCUT2D eigenvalue weighted by atomic mass is 9.92. The van der Waals surface area contributed by atoms with Crippen LogP contribution in [0, 0.1) is 32.4 Å². The van der Waals surface area contributed by atoms with Gasteiger partial charge >= 0.3 is 0 Å². The van der Waals surface area contributed by atoms with Gasteiger partial charge in [0.2, 0.25) is 0 Å². The third kappa shape index (κ3) is 3.23. The van der Waals surface area contributed by atoms with E-state index in [4.69, 9.17) is 5.73 Å². The van der Waals surface area contributed by atoms with Gasteiger partial charge in [-0.1, -0.05) is 17.7 Å². The number of hydrogen-bond acceptors (Lipinski definition) is 1. The highest BCUT2D eigenvalue weighted by Crippen LogP contribution is 2.23. The summed E-state index contributed by atoms with van der Waals surface area (Å²) >= 11 is 0. The van der Waals surface area contributed by atoms with Gasteiger partial charge in [0.25, 0.3) is 0 Å². The monoisotopic (exact) mass is 275 g/mol. The lowest BCUT2D eigenvalue weighted by Gasteiger charge is -2.17. The molecule has 0 aliphatic rings. The smallest absolute Gasteiger partial charge is 0.126 e. The summed E-state index contributed by atoms with van der Waals surface area (Å²) in [4.78, 5) is 0. The minimum atomic E-state index is -0.590.